The number of hydrogen-bond acceptors (Lipinski definition) is 3. The Kier molecular flexibility index (Phi) is 1.73. The standard InChI is InChI=1S/C7H7BrN4O/c1-11-3-9-6-4(7(11)13)5(8)10-12(6)2/h3H,1-2H3. The number of fused-ring (bicyclic) bond motifs is 1. The van der Waals surface area contributed by atoms with Crippen LogP contribution in [0.4, 0.5) is 0 Å². The van der Waals surface area contributed by atoms with E-state index in [9.17, 15) is 4.79 Å². The Morgan fingerprint density at radius 1 is 1.46 bits per heavy atom. The molecule has 6 heteroatoms. The average molecular weight is 243 g/mol. The van der Waals surface area contributed by atoms with E-state index >= 15 is 0 Å². The van der Waals surface area contributed by atoms with E-state index in [0.29, 0.717) is 15.6 Å². The van der Waals surface area contributed by atoms with Crippen LogP contribution < -0.4 is 5.56 Å². The van der Waals surface area contributed by atoms with Gasteiger partial charge in [0.15, 0.2) is 5.65 Å². The van der Waals surface area contributed by atoms with Crippen molar-refractivity contribution in [1.29, 1.82) is 0 Å². The molecule has 0 radical (unpaired) electrons. The fourth-order valence-corrected chi connectivity index (χ4v) is 1.77. The summed E-state index contributed by atoms with van der Waals surface area (Å²) in [6.07, 6.45) is 1.48. The summed E-state index contributed by atoms with van der Waals surface area (Å²) in [6, 6.07) is 0. The molecular formula is C7H7BrN4O. The van der Waals surface area contributed by atoms with E-state index in [1.807, 2.05) is 0 Å². The molecule has 0 atom stereocenters. The van der Waals surface area contributed by atoms with E-state index in [0.717, 1.165) is 0 Å². The molecule has 0 aromatic carbocycles. The topological polar surface area (TPSA) is 52.7 Å². The van der Waals surface area contributed by atoms with E-state index in [-0.39, 0.29) is 5.56 Å². The minimum absolute atomic E-state index is 0.0926. The van der Waals surface area contributed by atoms with Crippen molar-refractivity contribution in [3.8, 4) is 0 Å². The zero-order valence-corrected chi connectivity index (χ0v) is 8.74. The highest BCUT2D eigenvalue weighted by Gasteiger charge is 2.11. The molecule has 0 saturated carbocycles. The van der Waals surface area contributed by atoms with Gasteiger partial charge in [0, 0.05) is 14.1 Å². The second-order valence-electron chi connectivity index (χ2n) is 2.77. The molecule has 0 saturated heterocycles. The summed E-state index contributed by atoms with van der Waals surface area (Å²) >= 11 is 3.22. The van der Waals surface area contributed by atoms with Crippen molar-refractivity contribution < 1.29 is 0 Å². The molecule has 68 valence electrons. The van der Waals surface area contributed by atoms with Crippen LogP contribution >= 0.6 is 15.9 Å². The first-order valence-electron chi connectivity index (χ1n) is 3.65. The zero-order chi connectivity index (χ0) is 9.59. The summed E-state index contributed by atoms with van der Waals surface area (Å²) in [5.41, 5.74) is 0.500. The quantitative estimate of drug-likeness (QED) is 0.674. The van der Waals surface area contributed by atoms with Crippen LogP contribution in [0.3, 0.4) is 0 Å². The third-order valence-corrected chi connectivity index (χ3v) is 2.42. The summed E-state index contributed by atoms with van der Waals surface area (Å²) < 4.78 is 3.54. The first-order valence-corrected chi connectivity index (χ1v) is 4.44. The Bertz CT molecular complexity index is 527. The predicted octanol–water partition coefficient (Wildman–Crippen LogP) is 0.429. The van der Waals surface area contributed by atoms with Crippen molar-refractivity contribution in [2.24, 2.45) is 14.1 Å². The van der Waals surface area contributed by atoms with Crippen molar-refractivity contribution >= 4 is 27.0 Å². The third-order valence-electron chi connectivity index (χ3n) is 1.86. The molecule has 13 heavy (non-hydrogen) atoms. The molecule has 2 aromatic heterocycles. The number of aromatic nitrogens is 4. The van der Waals surface area contributed by atoms with Crippen molar-refractivity contribution in [2.75, 3.05) is 0 Å². The Hall–Kier alpha value is -1.17. The van der Waals surface area contributed by atoms with Gasteiger partial charge in [-0.05, 0) is 15.9 Å². The molecule has 0 fully saturated rings. The molecular weight excluding hydrogens is 236 g/mol. The van der Waals surface area contributed by atoms with Crippen molar-refractivity contribution in [3.05, 3.63) is 21.3 Å². The molecule has 2 heterocycles. The number of rotatable bonds is 0. The van der Waals surface area contributed by atoms with Crippen LogP contribution in [0.25, 0.3) is 11.0 Å². The summed E-state index contributed by atoms with van der Waals surface area (Å²) in [7, 11) is 3.41. The molecule has 0 unspecified atom stereocenters. The summed E-state index contributed by atoms with van der Waals surface area (Å²) in [5, 5.41) is 4.57. The van der Waals surface area contributed by atoms with Gasteiger partial charge in [-0.2, -0.15) is 5.10 Å². The Morgan fingerprint density at radius 3 is 2.85 bits per heavy atom. The van der Waals surface area contributed by atoms with Gasteiger partial charge in [0.25, 0.3) is 5.56 Å². The van der Waals surface area contributed by atoms with E-state index in [4.69, 9.17) is 0 Å². The van der Waals surface area contributed by atoms with Crippen LogP contribution in [0, 0.1) is 0 Å². The largest absolute Gasteiger partial charge is 0.302 e. The lowest BCUT2D eigenvalue weighted by molar-refractivity contribution is 0.770. The SMILES string of the molecule is Cn1cnc2c(c(Br)nn2C)c1=O. The smallest absolute Gasteiger partial charge is 0.265 e. The first-order chi connectivity index (χ1) is 6.11. The van der Waals surface area contributed by atoms with Gasteiger partial charge in [0.2, 0.25) is 0 Å². The molecule has 0 N–H and O–H groups in total. The maximum absolute atomic E-state index is 11.6. The van der Waals surface area contributed by atoms with Crippen molar-refractivity contribution in [2.45, 2.75) is 0 Å². The van der Waals surface area contributed by atoms with Gasteiger partial charge in [-0.15, -0.1) is 0 Å². The summed E-state index contributed by atoms with van der Waals surface area (Å²) in [5.74, 6) is 0. The second-order valence-corrected chi connectivity index (χ2v) is 3.52. The molecule has 0 bridgehead atoms. The maximum Gasteiger partial charge on any atom is 0.265 e. The number of hydrogen-bond donors (Lipinski definition) is 0. The Labute approximate surface area is 82.1 Å². The number of aryl methyl sites for hydroxylation is 2. The van der Waals surface area contributed by atoms with Gasteiger partial charge in [0.05, 0.1) is 6.33 Å². The van der Waals surface area contributed by atoms with E-state index < -0.39 is 0 Å². The Morgan fingerprint density at radius 2 is 2.15 bits per heavy atom. The zero-order valence-electron chi connectivity index (χ0n) is 7.15. The highest BCUT2D eigenvalue weighted by molar-refractivity contribution is 9.10. The van der Waals surface area contributed by atoms with E-state index in [2.05, 4.69) is 26.0 Å². The van der Waals surface area contributed by atoms with Gasteiger partial charge in [-0.1, -0.05) is 0 Å². The van der Waals surface area contributed by atoms with E-state index in [1.54, 1.807) is 18.8 Å². The molecule has 0 aliphatic heterocycles. The lowest BCUT2D eigenvalue weighted by Gasteiger charge is -1.95. The average Bonchev–Trinajstić information content (AvgIpc) is 2.35. The van der Waals surface area contributed by atoms with Crippen LogP contribution in [0.1, 0.15) is 0 Å². The fourth-order valence-electron chi connectivity index (χ4n) is 1.19. The number of halogens is 1. The van der Waals surface area contributed by atoms with Crippen molar-refractivity contribution in [1.82, 2.24) is 19.3 Å². The summed E-state index contributed by atoms with van der Waals surface area (Å²) in [6.45, 7) is 0. The van der Waals surface area contributed by atoms with Crippen LogP contribution in [0.5, 0.6) is 0 Å². The van der Waals surface area contributed by atoms with Crippen LogP contribution in [-0.2, 0) is 14.1 Å². The van der Waals surface area contributed by atoms with Gasteiger partial charge >= 0.3 is 0 Å². The normalized spacial score (nSPS) is 11.0. The molecule has 2 aromatic rings. The minimum Gasteiger partial charge on any atom is -0.302 e. The third kappa shape index (κ3) is 1.09. The predicted molar refractivity (Wildman–Crippen MR) is 51.5 cm³/mol. The molecule has 0 aliphatic carbocycles. The fraction of sp³-hybridized carbons (Fsp3) is 0.286. The molecule has 2 rings (SSSR count). The maximum atomic E-state index is 11.6. The second kappa shape index (κ2) is 2.66. The van der Waals surface area contributed by atoms with Gasteiger partial charge in [-0.3, -0.25) is 4.79 Å². The van der Waals surface area contributed by atoms with E-state index in [1.165, 1.54) is 10.9 Å². The van der Waals surface area contributed by atoms with Gasteiger partial charge < -0.3 is 4.57 Å². The molecule has 0 amide bonds. The van der Waals surface area contributed by atoms with Crippen LogP contribution in [0.2, 0.25) is 0 Å². The first kappa shape index (κ1) is 8.43. The highest BCUT2D eigenvalue weighted by Crippen LogP contribution is 2.16. The highest BCUT2D eigenvalue weighted by atomic mass is 79.9. The number of nitrogens with zero attached hydrogens (tertiary/aromatic N) is 4. The van der Waals surface area contributed by atoms with Gasteiger partial charge in [0.1, 0.15) is 9.99 Å². The lowest BCUT2D eigenvalue weighted by Crippen LogP contribution is -2.16. The summed E-state index contributed by atoms with van der Waals surface area (Å²) in [4.78, 5) is 15.7. The lowest BCUT2D eigenvalue weighted by atomic mass is 10.4. The van der Waals surface area contributed by atoms with Crippen molar-refractivity contribution in [3.63, 3.8) is 0 Å². The molecule has 5 nitrogen and oxygen atoms in total. The van der Waals surface area contributed by atoms with Gasteiger partial charge in [-0.25, -0.2) is 9.67 Å². The molecule has 0 aliphatic rings. The molecule has 0 spiro atoms. The minimum atomic E-state index is -0.0926. The monoisotopic (exact) mass is 242 g/mol. The Balaban J connectivity index is 3.08. The van der Waals surface area contributed by atoms with Crippen LogP contribution in [0.15, 0.2) is 15.7 Å². The van der Waals surface area contributed by atoms with Crippen LogP contribution in [-0.4, -0.2) is 19.3 Å².